The molecule has 0 unspecified atom stereocenters. The van der Waals surface area contributed by atoms with Crippen LogP contribution in [0.3, 0.4) is 0 Å². The van der Waals surface area contributed by atoms with Crippen LogP contribution in [0.5, 0.6) is 0 Å². The van der Waals surface area contributed by atoms with Crippen LogP contribution in [-0.2, 0) is 10.2 Å². The van der Waals surface area contributed by atoms with Crippen LogP contribution in [0.25, 0.3) is 0 Å². The van der Waals surface area contributed by atoms with E-state index in [0.29, 0.717) is 0 Å². The maximum Gasteiger partial charge on any atom is 0.471 e. The van der Waals surface area contributed by atoms with Crippen LogP contribution < -0.4 is 9.44 Å². The fourth-order valence-corrected chi connectivity index (χ4v) is 0.991. The Balaban J connectivity index is 0. The van der Waals surface area contributed by atoms with Crippen LogP contribution in [0.2, 0.25) is 0 Å². The summed E-state index contributed by atoms with van der Waals surface area (Å²) in [6, 6.07) is 0. The van der Waals surface area contributed by atoms with E-state index in [9.17, 15) is 34.8 Å². The Morgan fingerprint density at radius 3 is 1.14 bits per heavy atom. The first-order chi connectivity index (χ1) is 5.41. The first-order valence-corrected chi connectivity index (χ1v) is 3.86. The quantitative estimate of drug-likeness (QED) is 0.407. The summed E-state index contributed by atoms with van der Waals surface area (Å²) < 4.78 is 87.0. The Morgan fingerprint density at radius 1 is 0.786 bits per heavy atom. The van der Waals surface area contributed by atoms with E-state index < -0.39 is 22.8 Å². The minimum absolute atomic E-state index is 0. The SMILES string of the molecule is O=S(=O)(NC(F)(F)F)NC(F)(F)F.[Li]. The number of halogens is 6. The maximum atomic E-state index is 11.2. The zero-order valence-electron chi connectivity index (χ0n) is 6.49. The van der Waals surface area contributed by atoms with Crippen molar-refractivity contribution in [2.24, 2.45) is 0 Å². The van der Waals surface area contributed by atoms with Crippen LogP contribution in [0, 0.1) is 0 Å². The maximum absolute atomic E-state index is 11.2. The Hall–Kier alpha value is 0.0474. The summed E-state index contributed by atoms with van der Waals surface area (Å²) in [4.78, 5) is 0. The summed E-state index contributed by atoms with van der Waals surface area (Å²) >= 11 is 0. The predicted octanol–water partition coefficient (Wildman–Crippen LogP) is 0.0692. The van der Waals surface area contributed by atoms with Gasteiger partial charge in [-0.05, 0) is 0 Å². The second kappa shape index (κ2) is 4.71. The molecule has 14 heavy (non-hydrogen) atoms. The molecule has 1 radical (unpaired) electrons. The van der Waals surface area contributed by atoms with Gasteiger partial charge in [0.15, 0.2) is 0 Å². The van der Waals surface area contributed by atoms with Gasteiger partial charge in [-0.25, -0.2) is 0 Å². The third-order valence-electron chi connectivity index (χ3n) is 0.500. The van der Waals surface area contributed by atoms with E-state index in [2.05, 4.69) is 0 Å². The van der Waals surface area contributed by atoms with E-state index in [0.717, 1.165) is 0 Å². The van der Waals surface area contributed by atoms with Gasteiger partial charge in [0.05, 0.1) is 0 Å². The molecular weight excluding hydrogens is 237 g/mol. The van der Waals surface area contributed by atoms with Gasteiger partial charge in [0.2, 0.25) is 0 Å². The second-order valence-corrected chi connectivity index (χ2v) is 3.12. The van der Waals surface area contributed by atoms with Gasteiger partial charge < -0.3 is 0 Å². The summed E-state index contributed by atoms with van der Waals surface area (Å²) in [6.45, 7) is 0. The molecular formula is C2H2F6LiN2O2S. The molecule has 0 aliphatic heterocycles. The van der Waals surface area contributed by atoms with Gasteiger partial charge in [-0.3, -0.25) is 0 Å². The number of rotatable bonds is 2. The molecule has 0 aromatic carbocycles. The van der Waals surface area contributed by atoms with E-state index in [4.69, 9.17) is 0 Å². The van der Waals surface area contributed by atoms with Crippen molar-refractivity contribution in [1.29, 1.82) is 0 Å². The number of nitrogens with one attached hydrogen (secondary N) is 2. The van der Waals surface area contributed by atoms with E-state index in [-0.39, 0.29) is 28.3 Å². The number of hydrogen-bond donors (Lipinski definition) is 2. The largest absolute Gasteiger partial charge is 0.471 e. The smallest absolute Gasteiger partial charge is 0.195 e. The zero-order valence-corrected chi connectivity index (χ0v) is 7.31. The molecule has 0 aromatic heterocycles. The average Bonchev–Trinajstić information content (AvgIpc) is 1.43. The Bertz CT molecular complexity index is 247. The van der Waals surface area contributed by atoms with Crippen LogP contribution in [0.4, 0.5) is 26.3 Å². The Kier molecular flexibility index (Phi) is 5.55. The van der Waals surface area contributed by atoms with Crippen molar-refractivity contribution >= 4 is 29.1 Å². The third-order valence-corrected chi connectivity index (χ3v) is 1.50. The van der Waals surface area contributed by atoms with Crippen LogP contribution >= 0.6 is 0 Å². The van der Waals surface area contributed by atoms with Gasteiger partial charge in [0.25, 0.3) is 10.2 Å². The molecule has 0 fully saturated rings. The molecule has 0 bridgehead atoms. The van der Waals surface area contributed by atoms with Gasteiger partial charge in [0.1, 0.15) is 0 Å². The first kappa shape index (κ1) is 16.5. The molecule has 0 heterocycles. The molecule has 4 nitrogen and oxygen atoms in total. The standard InChI is InChI=1S/C2H2F6N2O2S.Li/c3-1(4,5)9-13(11,12)10-2(6,7)8;/h9-10H;. The number of alkyl halides is 6. The first-order valence-electron chi connectivity index (χ1n) is 2.38. The van der Waals surface area contributed by atoms with Crippen molar-refractivity contribution in [3.63, 3.8) is 0 Å². The van der Waals surface area contributed by atoms with E-state index in [1.54, 1.807) is 0 Å². The van der Waals surface area contributed by atoms with Crippen molar-refractivity contribution in [1.82, 2.24) is 9.44 Å². The molecule has 0 saturated carbocycles. The molecule has 81 valence electrons. The van der Waals surface area contributed by atoms with Crippen molar-refractivity contribution in [3.8, 4) is 0 Å². The topological polar surface area (TPSA) is 58.2 Å². The zero-order chi connectivity index (χ0) is 10.9. The summed E-state index contributed by atoms with van der Waals surface area (Å²) in [5.74, 6) is 0. The molecule has 0 amide bonds. The predicted molar refractivity (Wildman–Crippen MR) is 33.1 cm³/mol. The Morgan fingerprint density at radius 2 is 1.00 bits per heavy atom. The summed E-state index contributed by atoms with van der Waals surface area (Å²) in [7, 11) is -5.65. The van der Waals surface area contributed by atoms with Crippen LogP contribution in [0.15, 0.2) is 0 Å². The molecule has 0 atom stereocenters. The minimum atomic E-state index is -5.65. The van der Waals surface area contributed by atoms with Crippen molar-refractivity contribution < 1.29 is 34.8 Å². The van der Waals surface area contributed by atoms with Crippen molar-refractivity contribution in [3.05, 3.63) is 0 Å². The van der Waals surface area contributed by atoms with Crippen molar-refractivity contribution in [2.45, 2.75) is 12.6 Å². The summed E-state index contributed by atoms with van der Waals surface area (Å²) in [5.41, 5.74) is 0. The summed E-state index contributed by atoms with van der Waals surface area (Å²) in [5, 5.41) is 0. The number of hydrogen-bond acceptors (Lipinski definition) is 2. The monoisotopic (exact) mass is 239 g/mol. The van der Waals surface area contributed by atoms with E-state index in [1.807, 2.05) is 0 Å². The van der Waals surface area contributed by atoms with Gasteiger partial charge in [-0.2, -0.15) is 34.8 Å². The van der Waals surface area contributed by atoms with Gasteiger partial charge in [-0.15, -0.1) is 9.44 Å². The molecule has 12 heteroatoms. The summed E-state index contributed by atoms with van der Waals surface area (Å²) in [6.07, 6.45) is -10.9. The second-order valence-electron chi connectivity index (χ2n) is 1.70. The van der Waals surface area contributed by atoms with E-state index in [1.165, 1.54) is 0 Å². The van der Waals surface area contributed by atoms with Gasteiger partial charge in [-0.1, -0.05) is 0 Å². The van der Waals surface area contributed by atoms with E-state index >= 15 is 0 Å². The normalized spacial score (nSPS) is 13.6. The molecule has 0 saturated heterocycles. The molecule has 0 rings (SSSR count). The third kappa shape index (κ3) is 10.1. The fourth-order valence-electron chi connectivity index (χ4n) is 0.330. The van der Waals surface area contributed by atoms with Crippen LogP contribution in [0.1, 0.15) is 0 Å². The molecule has 0 aromatic rings. The molecule has 0 spiro atoms. The van der Waals surface area contributed by atoms with Gasteiger partial charge in [0, 0.05) is 18.9 Å². The fraction of sp³-hybridized carbons (Fsp3) is 1.00. The van der Waals surface area contributed by atoms with Crippen molar-refractivity contribution in [2.75, 3.05) is 0 Å². The average molecular weight is 239 g/mol. The molecule has 0 aliphatic rings. The van der Waals surface area contributed by atoms with Crippen LogP contribution in [-0.4, -0.2) is 39.9 Å². The van der Waals surface area contributed by atoms with Gasteiger partial charge >= 0.3 is 12.6 Å². The molecule has 0 aliphatic carbocycles. The Labute approximate surface area is 86.4 Å². The minimum Gasteiger partial charge on any atom is -0.195 e. The molecule has 2 N–H and O–H groups in total.